The number of benzene rings is 1. The summed E-state index contributed by atoms with van der Waals surface area (Å²) in [7, 11) is 0. The van der Waals surface area contributed by atoms with Gasteiger partial charge in [0.15, 0.2) is 0 Å². The van der Waals surface area contributed by atoms with E-state index in [1.54, 1.807) is 23.9 Å². The highest BCUT2D eigenvalue weighted by atomic mass is 79.9. The second-order valence-electron chi connectivity index (χ2n) is 3.81. The quantitative estimate of drug-likeness (QED) is 0.825. The van der Waals surface area contributed by atoms with Crippen molar-refractivity contribution >= 4 is 33.7 Å². The van der Waals surface area contributed by atoms with Crippen LogP contribution in [-0.4, -0.2) is 16.8 Å². The molecule has 0 saturated carbocycles. The van der Waals surface area contributed by atoms with E-state index in [9.17, 15) is 4.79 Å². The predicted molar refractivity (Wildman–Crippen MR) is 71.3 cm³/mol. The predicted octanol–water partition coefficient (Wildman–Crippen LogP) is 4.29. The maximum atomic E-state index is 10.9. The van der Waals surface area contributed by atoms with Gasteiger partial charge in [0.1, 0.15) is 0 Å². The molecule has 0 aromatic heterocycles. The number of carboxylic acid groups (broad SMARTS) is 1. The first-order valence-electron chi connectivity index (χ1n) is 5.19. The lowest BCUT2D eigenvalue weighted by Crippen LogP contribution is -1.98. The van der Waals surface area contributed by atoms with Gasteiger partial charge < -0.3 is 5.11 Å². The number of aromatic carboxylic acids is 1. The summed E-state index contributed by atoms with van der Waals surface area (Å²) in [6, 6.07) is 5.30. The van der Waals surface area contributed by atoms with E-state index in [1.807, 2.05) is 6.07 Å². The van der Waals surface area contributed by atoms with Crippen molar-refractivity contribution < 1.29 is 9.90 Å². The molecule has 1 atom stereocenters. The molecule has 0 spiro atoms. The van der Waals surface area contributed by atoms with Gasteiger partial charge in [0.05, 0.1) is 5.56 Å². The Morgan fingerprint density at radius 1 is 1.50 bits per heavy atom. The average Bonchev–Trinajstić information content (AvgIpc) is 2.25. The minimum absolute atomic E-state index is 0.334. The van der Waals surface area contributed by atoms with Crippen molar-refractivity contribution in [2.75, 3.05) is 5.75 Å². The van der Waals surface area contributed by atoms with Crippen LogP contribution in [0.15, 0.2) is 27.6 Å². The molecule has 0 amide bonds. The molecule has 0 radical (unpaired) electrons. The molecule has 0 saturated heterocycles. The van der Waals surface area contributed by atoms with Crippen LogP contribution >= 0.6 is 27.7 Å². The zero-order chi connectivity index (χ0) is 12.1. The summed E-state index contributed by atoms with van der Waals surface area (Å²) in [5, 5.41) is 8.93. The third-order valence-electron chi connectivity index (χ3n) is 2.35. The summed E-state index contributed by atoms with van der Waals surface area (Å²) in [6.45, 7) is 4.36. The molecule has 4 heteroatoms. The Morgan fingerprint density at radius 3 is 2.75 bits per heavy atom. The van der Waals surface area contributed by atoms with Crippen LogP contribution in [0.3, 0.4) is 0 Å². The number of halogens is 1. The number of hydrogen-bond acceptors (Lipinski definition) is 2. The van der Waals surface area contributed by atoms with Crippen LogP contribution in [0, 0.1) is 5.92 Å². The van der Waals surface area contributed by atoms with Crippen molar-refractivity contribution in [2.45, 2.75) is 25.2 Å². The normalized spacial score (nSPS) is 12.4. The van der Waals surface area contributed by atoms with E-state index in [1.165, 1.54) is 0 Å². The molecule has 16 heavy (non-hydrogen) atoms. The van der Waals surface area contributed by atoms with E-state index >= 15 is 0 Å². The number of thioether (sulfide) groups is 1. The second-order valence-corrected chi connectivity index (χ2v) is 5.81. The minimum atomic E-state index is -0.883. The Hall–Kier alpha value is -0.480. The van der Waals surface area contributed by atoms with Gasteiger partial charge in [-0.2, -0.15) is 0 Å². The Morgan fingerprint density at radius 2 is 2.19 bits per heavy atom. The smallest absolute Gasteiger partial charge is 0.335 e. The zero-order valence-corrected chi connectivity index (χ0v) is 11.8. The fourth-order valence-corrected chi connectivity index (χ4v) is 2.90. The monoisotopic (exact) mass is 302 g/mol. The average molecular weight is 303 g/mol. The van der Waals surface area contributed by atoms with Crippen molar-refractivity contribution in [3.63, 3.8) is 0 Å². The zero-order valence-electron chi connectivity index (χ0n) is 9.37. The summed E-state index contributed by atoms with van der Waals surface area (Å²) >= 11 is 5.03. The molecule has 0 bridgehead atoms. The molecule has 1 rings (SSSR count). The van der Waals surface area contributed by atoms with Crippen LogP contribution < -0.4 is 0 Å². The van der Waals surface area contributed by atoms with E-state index < -0.39 is 5.97 Å². The Balaban J connectivity index is 2.76. The van der Waals surface area contributed by atoms with Crippen LogP contribution in [0.4, 0.5) is 0 Å². The molecule has 2 nitrogen and oxygen atoms in total. The van der Waals surface area contributed by atoms with Crippen LogP contribution in [0.2, 0.25) is 0 Å². The highest BCUT2D eigenvalue weighted by Gasteiger charge is 2.07. The van der Waals surface area contributed by atoms with E-state index in [-0.39, 0.29) is 0 Å². The van der Waals surface area contributed by atoms with Gasteiger partial charge in [-0.1, -0.05) is 36.2 Å². The number of hydrogen-bond donors (Lipinski definition) is 1. The molecular weight excluding hydrogens is 288 g/mol. The fraction of sp³-hybridized carbons (Fsp3) is 0.417. The highest BCUT2D eigenvalue weighted by Crippen LogP contribution is 2.26. The molecule has 88 valence electrons. The third kappa shape index (κ3) is 4.18. The maximum absolute atomic E-state index is 10.9. The standard InChI is InChI=1S/C12H15BrO2S/c1-3-8(2)7-16-11-5-9(12(14)15)4-10(13)6-11/h4-6,8H,3,7H2,1-2H3,(H,14,15). The first-order chi connectivity index (χ1) is 7.52. The van der Waals surface area contributed by atoms with Crippen LogP contribution in [0.1, 0.15) is 30.6 Å². The number of carboxylic acids is 1. The molecule has 0 aliphatic heterocycles. The van der Waals surface area contributed by atoms with Crippen molar-refractivity contribution in [3.8, 4) is 0 Å². The molecule has 1 unspecified atom stereocenters. The second kappa shape index (κ2) is 6.30. The van der Waals surface area contributed by atoms with Crippen LogP contribution in [0.25, 0.3) is 0 Å². The van der Waals surface area contributed by atoms with Crippen molar-refractivity contribution in [1.82, 2.24) is 0 Å². The van der Waals surface area contributed by atoms with E-state index in [0.717, 1.165) is 21.5 Å². The summed E-state index contributed by atoms with van der Waals surface area (Å²) < 4.78 is 0.819. The lowest BCUT2D eigenvalue weighted by Gasteiger charge is -2.08. The lowest BCUT2D eigenvalue weighted by molar-refractivity contribution is 0.0696. The van der Waals surface area contributed by atoms with Gasteiger partial charge in [0.2, 0.25) is 0 Å². The van der Waals surface area contributed by atoms with Gasteiger partial charge in [-0.25, -0.2) is 4.79 Å². The lowest BCUT2D eigenvalue weighted by atomic mass is 10.2. The van der Waals surface area contributed by atoms with Crippen molar-refractivity contribution in [2.24, 2.45) is 5.92 Å². The molecule has 0 aliphatic rings. The van der Waals surface area contributed by atoms with Crippen LogP contribution in [-0.2, 0) is 0 Å². The molecule has 1 aromatic rings. The van der Waals surface area contributed by atoms with Crippen molar-refractivity contribution in [3.05, 3.63) is 28.2 Å². The largest absolute Gasteiger partial charge is 0.478 e. The van der Waals surface area contributed by atoms with Gasteiger partial charge >= 0.3 is 5.97 Å². The molecule has 1 aromatic carbocycles. The third-order valence-corrected chi connectivity index (χ3v) is 4.11. The Bertz CT molecular complexity index is 379. The number of carbonyl (C=O) groups is 1. The number of rotatable bonds is 5. The van der Waals surface area contributed by atoms with Gasteiger partial charge in [-0.3, -0.25) is 0 Å². The molecule has 1 N–H and O–H groups in total. The first-order valence-corrected chi connectivity index (χ1v) is 6.97. The summed E-state index contributed by atoms with van der Waals surface area (Å²) in [5.41, 5.74) is 0.334. The van der Waals surface area contributed by atoms with Gasteiger partial charge in [0, 0.05) is 15.1 Å². The van der Waals surface area contributed by atoms with E-state index in [2.05, 4.69) is 29.8 Å². The topological polar surface area (TPSA) is 37.3 Å². The summed E-state index contributed by atoms with van der Waals surface area (Å²) in [5.74, 6) is 0.787. The van der Waals surface area contributed by atoms with Gasteiger partial charge in [-0.15, -0.1) is 11.8 Å². The Labute approximate surface area is 109 Å². The highest BCUT2D eigenvalue weighted by molar-refractivity contribution is 9.10. The maximum Gasteiger partial charge on any atom is 0.335 e. The molecule has 0 heterocycles. The Kier molecular flexibility index (Phi) is 5.35. The fourth-order valence-electron chi connectivity index (χ4n) is 1.13. The van der Waals surface area contributed by atoms with E-state index in [4.69, 9.17) is 5.11 Å². The van der Waals surface area contributed by atoms with Gasteiger partial charge in [-0.05, 0) is 24.1 Å². The summed E-state index contributed by atoms with van der Waals surface area (Å²) in [6.07, 6.45) is 1.15. The van der Waals surface area contributed by atoms with Crippen molar-refractivity contribution in [1.29, 1.82) is 0 Å². The first kappa shape index (κ1) is 13.6. The molecular formula is C12H15BrO2S. The van der Waals surface area contributed by atoms with Gasteiger partial charge in [0.25, 0.3) is 0 Å². The SMILES string of the molecule is CCC(C)CSc1cc(Br)cc(C(=O)O)c1. The van der Waals surface area contributed by atoms with Crippen LogP contribution in [0.5, 0.6) is 0 Å². The van der Waals surface area contributed by atoms with E-state index in [0.29, 0.717) is 11.5 Å². The minimum Gasteiger partial charge on any atom is -0.478 e. The molecule has 0 aliphatic carbocycles. The molecule has 0 fully saturated rings. The summed E-state index contributed by atoms with van der Waals surface area (Å²) in [4.78, 5) is 11.9.